The van der Waals surface area contributed by atoms with Gasteiger partial charge in [0.15, 0.2) is 8.32 Å². The monoisotopic (exact) mass is 359 g/mol. The van der Waals surface area contributed by atoms with Crippen LogP contribution in [-0.4, -0.2) is 43.2 Å². The number of hydrogen-bond acceptors (Lipinski definition) is 4. The van der Waals surface area contributed by atoms with Gasteiger partial charge in [0.05, 0.1) is 18.1 Å². The van der Waals surface area contributed by atoms with Crippen LogP contribution in [0, 0.1) is 5.92 Å². The Morgan fingerprint density at radius 3 is 2.04 bits per heavy atom. The standard InChI is InChI=1S/C17H33NO5Si/c1-16(2,3)22-15(21)18-12-9-11(14(19)20)10-13(12)23-24(7,8)17(4,5)6/h11-13H,9-10H2,1-8H3,(H,18,21)(H,19,20). The maximum absolute atomic E-state index is 12.1. The predicted octanol–water partition coefficient (Wildman–Crippen LogP) is 3.76. The van der Waals surface area contributed by atoms with Gasteiger partial charge in [-0.15, -0.1) is 0 Å². The molecule has 0 aromatic heterocycles. The first-order chi connectivity index (χ1) is 10.6. The summed E-state index contributed by atoms with van der Waals surface area (Å²) >= 11 is 0. The number of carboxylic acid groups (broad SMARTS) is 1. The highest BCUT2D eigenvalue weighted by atomic mass is 28.4. The Balaban J connectivity index is 2.86. The second-order valence-electron chi connectivity index (χ2n) is 9.18. The lowest BCUT2D eigenvalue weighted by Crippen LogP contribution is -2.50. The summed E-state index contributed by atoms with van der Waals surface area (Å²) in [7, 11) is -2.06. The molecule has 7 heteroatoms. The van der Waals surface area contributed by atoms with E-state index in [0.29, 0.717) is 12.8 Å². The van der Waals surface area contributed by atoms with E-state index in [1.807, 2.05) is 0 Å². The third-order valence-corrected chi connectivity index (χ3v) is 9.31. The number of aliphatic carboxylic acids is 1. The van der Waals surface area contributed by atoms with Gasteiger partial charge in [0.2, 0.25) is 0 Å². The van der Waals surface area contributed by atoms with E-state index >= 15 is 0 Å². The zero-order valence-corrected chi connectivity index (χ0v) is 17.2. The van der Waals surface area contributed by atoms with Gasteiger partial charge in [0, 0.05) is 0 Å². The molecule has 6 nitrogen and oxygen atoms in total. The molecule has 0 aromatic rings. The van der Waals surface area contributed by atoms with Crippen LogP contribution >= 0.6 is 0 Å². The van der Waals surface area contributed by atoms with Gasteiger partial charge in [-0.05, 0) is 51.7 Å². The summed E-state index contributed by atoms with van der Waals surface area (Å²) < 4.78 is 11.7. The summed E-state index contributed by atoms with van der Waals surface area (Å²) in [5, 5.41) is 12.2. The zero-order valence-electron chi connectivity index (χ0n) is 16.2. The minimum atomic E-state index is -2.06. The zero-order chi connectivity index (χ0) is 18.9. The topological polar surface area (TPSA) is 84.9 Å². The van der Waals surface area contributed by atoms with Crippen molar-refractivity contribution in [2.24, 2.45) is 5.92 Å². The van der Waals surface area contributed by atoms with E-state index in [1.54, 1.807) is 20.8 Å². The summed E-state index contributed by atoms with van der Waals surface area (Å²) in [5.41, 5.74) is -0.593. The molecule has 0 heterocycles. The molecular weight excluding hydrogens is 326 g/mol. The lowest BCUT2D eigenvalue weighted by Gasteiger charge is -2.40. The Kier molecular flexibility index (Phi) is 6.14. The first kappa shape index (κ1) is 21.0. The first-order valence-electron chi connectivity index (χ1n) is 8.52. The average molecular weight is 360 g/mol. The molecule has 3 unspecified atom stereocenters. The molecule has 140 valence electrons. The number of ether oxygens (including phenoxy) is 1. The summed E-state index contributed by atoms with van der Waals surface area (Å²) in [6, 6.07) is -0.338. The summed E-state index contributed by atoms with van der Waals surface area (Å²) in [6.45, 7) is 16.1. The SMILES string of the molecule is CC(C)(C)OC(=O)NC1CC(C(=O)O)CC1O[Si](C)(C)C(C)(C)C. The maximum atomic E-state index is 12.1. The van der Waals surface area contributed by atoms with Crippen molar-refractivity contribution in [3.63, 3.8) is 0 Å². The van der Waals surface area contributed by atoms with Gasteiger partial charge in [0.1, 0.15) is 5.60 Å². The number of amides is 1. The molecule has 0 spiro atoms. The average Bonchev–Trinajstić information content (AvgIpc) is 2.67. The third kappa shape index (κ3) is 5.77. The highest BCUT2D eigenvalue weighted by Gasteiger charge is 2.46. The summed E-state index contributed by atoms with van der Waals surface area (Å²) in [5.74, 6) is -1.34. The molecule has 0 saturated heterocycles. The molecule has 0 bridgehead atoms. The van der Waals surface area contributed by atoms with Crippen molar-refractivity contribution in [2.45, 2.75) is 90.3 Å². The maximum Gasteiger partial charge on any atom is 0.407 e. The molecule has 3 atom stereocenters. The van der Waals surface area contributed by atoms with E-state index in [9.17, 15) is 14.7 Å². The number of alkyl carbamates (subject to hydrolysis) is 1. The van der Waals surface area contributed by atoms with Gasteiger partial charge in [0.25, 0.3) is 0 Å². The van der Waals surface area contributed by atoms with Crippen LogP contribution in [0.1, 0.15) is 54.4 Å². The smallest absolute Gasteiger partial charge is 0.407 e. The molecule has 0 aliphatic heterocycles. The number of carbonyl (C=O) groups is 2. The second kappa shape index (κ2) is 7.04. The van der Waals surface area contributed by atoms with E-state index in [4.69, 9.17) is 9.16 Å². The molecule has 1 amide bonds. The summed E-state index contributed by atoms with van der Waals surface area (Å²) in [4.78, 5) is 23.5. The highest BCUT2D eigenvalue weighted by molar-refractivity contribution is 6.74. The Morgan fingerprint density at radius 1 is 1.08 bits per heavy atom. The molecule has 0 aromatic carbocycles. The van der Waals surface area contributed by atoms with E-state index < -0.39 is 31.9 Å². The lowest BCUT2D eigenvalue weighted by molar-refractivity contribution is -0.141. The lowest BCUT2D eigenvalue weighted by atomic mass is 10.1. The molecule has 1 aliphatic rings. The van der Waals surface area contributed by atoms with Crippen LogP contribution in [0.15, 0.2) is 0 Å². The van der Waals surface area contributed by atoms with Gasteiger partial charge in [-0.3, -0.25) is 4.79 Å². The third-order valence-electron chi connectivity index (χ3n) is 4.81. The van der Waals surface area contributed by atoms with Gasteiger partial charge >= 0.3 is 12.1 Å². The van der Waals surface area contributed by atoms with Crippen molar-refractivity contribution in [3.8, 4) is 0 Å². The van der Waals surface area contributed by atoms with Crippen LogP contribution < -0.4 is 5.32 Å². The number of rotatable bonds is 4. The minimum absolute atomic E-state index is 0.0186. The van der Waals surface area contributed by atoms with E-state index in [2.05, 4.69) is 39.2 Å². The fourth-order valence-electron chi connectivity index (χ4n) is 2.50. The largest absolute Gasteiger partial charge is 0.481 e. The van der Waals surface area contributed by atoms with E-state index in [0.717, 1.165) is 0 Å². The van der Waals surface area contributed by atoms with Gasteiger partial charge < -0.3 is 19.6 Å². The van der Waals surface area contributed by atoms with Crippen molar-refractivity contribution in [2.75, 3.05) is 0 Å². The molecule has 1 saturated carbocycles. The van der Waals surface area contributed by atoms with Gasteiger partial charge in [-0.2, -0.15) is 0 Å². The van der Waals surface area contributed by atoms with Crippen LogP contribution in [0.4, 0.5) is 4.79 Å². The number of carbonyl (C=O) groups excluding carboxylic acids is 1. The Morgan fingerprint density at radius 2 is 1.62 bits per heavy atom. The minimum Gasteiger partial charge on any atom is -0.481 e. The molecule has 24 heavy (non-hydrogen) atoms. The number of nitrogens with one attached hydrogen (secondary N) is 1. The number of carboxylic acids is 1. The van der Waals surface area contributed by atoms with Crippen LogP contribution in [0.3, 0.4) is 0 Å². The summed E-state index contributed by atoms with van der Waals surface area (Å²) in [6.07, 6.45) is -0.0298. The Bertz CT molecular complexity index is 478. The highest BCUT2D eigenvalue weighted by Crippen LogP contribution is 2.40. The van der Waals surface area contributed by atoms with Crippen LogP contribution in [-0.2, 0) is 14.0 Å². The molecule has 0 radical (unpaired) electrons. The fourth-order valence-corrected chi connectivity index (χ4v) is 3.87. The van der Waals surface area contributed by atoms with Crippen LogP contribution in [0.2, 0.25) is 18.1 Å². The van der Waals surface area contributed by atoms with E-state index in [-0.39, 0.29) is 17.2 Å². The molecular formula is C17H33NO5Si. The van der Waals surface area contributed by atoms with E-state index in [1.165, 1.54) is 0 Å². The van der Waals surface area contributed by atoms with Gasteiger partial charge in [-0.1, -0.05) is 20.8 Å². The Hall–Kier alpha value is -1.08. The van der Waals surface area contributed by atoms with Crippen LogP contribution in [0.25, 0.3) is 0 Å². The second-order valence-corrected chi connectivity index (χ2v) is 13.9. The van der Waals surface area contributed by atoms with Crippen molar-refractivity contribution >= 4 is 20.4 Å². The number of hydrogen-bond donors (Lipinski definition) is 2. The molecule has 2 N–H and O–H groups in total. The predicted molar refractivity (Wildman–Crippen MR) is 95.6 cm³/mol. The van der Waals surface area contributed by atoms with Crippen molar-refractivity contribution < 1.29 is 23.9 Å². The molecule has 1 aliphatic carbocycles. The quantitative estimate of drug-likeness (QED) is 0.747. The first-order valence-corrected chi connectivity index (χ1v) is 11.4. The fraction of sp³-hybridized carbons (Fsp3) is 0.882. The van der Waals surface area contributed by atoms with Gasteiger partial charge in [-0.25, -0.2) is 4.79 Å². The molecule has 1 rings (SSSR count). The van der Waals surface area contributed by atoms with Crippen molar-refractivity contribution in [3.05, 3.63) is 0 Å². The normalized spacial score (nSPS) is 25.4. The molecule has 1 fully saturated rings. The van der Waals surface area contributed by atoms with Crippen molar-refractivity contribution in [1.82, 2.24) is 5.32 Å². The van der Waals surface area contributed by atoms with Crippen molar-refractivity contribution in [1.29, 1.82) is 0 Å². The van der Waals surface area contributed by atoms with Crippen LogP contribution in [0.5, 0.6) is 0 Å². The Labute approximate surface area is 146 Å².